The van der Waals surface area contributed by atoms with Gasteiger partial charge in [-0.3, -0.25) is 10.7 Å². The van der Waals surface area contributed by atoms with E-state index in [0.717, 1.165) is 12.1 Å². The first-order chi connectivity index (χ1) is 5.77. The highest BCUT2D eigenvalue weighted by Gasteiger charge is 2.01. The maximum absolute atomic E-state index is 8.57. The van der Waals surface area contributed by atoms with Crippen LogP contribution in [0.3, 0.4) is 0 Å². The highest BCUT2D eigenvalue weighted by atomic mass is 16.5. The smallest absolute Gasteiger partial charge is 0.0602 e. The molecule has 0 spiro atoms. The Bertz CT molecular complexity index is 230. The lowest BCUT2D eigenvalue weighted by atomic mass is 9.99. The third-order valence-corrected chi connectivity index (χ3v) is 2.22. The number of hydrogen-bond acceptors (Lipinski definition) is 2. The summed E-state index contributed by atoms with van der Waals surface area (Å²) >= 11 is 0. The van der Waals surface area contributed by atoms with Crippen molar-refractivity contribution < 1.29 is 5.21 Å². The van der Waals surface area contributed by atoms with E-state index in [9.17, 15) is 0 Å². The van der Waals surface area contributed by atoms with E-state index in [1.54, 1.807) is 0 Å². The van der Waals surface area contributed by atoms with Gasteiger partial charge in [0.15, 0.2) is 0 Å². The number of rotatable bonds is 3. The summed E-state index contributed by atoms with van der Waals surface area (Å²) in [6.45, 7) is 4.37. The van der Waals surface area contributed by atoms with Gasteiger partial charge in [0, 0.05) is 0 Å². The maximum atomic E-state index is 8.57. The summed E-state index contributed by atoms with van der Waals surface area (Å²) in [5.74, 6) is 0.595. The summed E-state index contributed by atoms with van der Waals surface area (Å²) in [4.78, 5) is 0. The van der Waals surface area contributed by atoms with Gasteiger partial charge in [0.05, 0.1) is 5.69 Å². The summed E-state index contributed by atoms with van der Waals surface area (Å²) in [5, 5.41) is 8.57. The van der Waals surface area contributed by atoms with Crippen molar-refractivity contribution in [3.63, 3.8) is 0 Å². The average molecular weight is 165 g/mol. The van der Waals surface area contributed by atoms with E-state index in [1.165, 1.54) is 5.56 Å². The molecule has 0 radical (unpaired) electrons. The summed E-state index contributed by atoms with van der Waals surface area (Å²) in [6, 6.07) is 7.82. The van der Waals surface area contributed by atoms with Crippen LogP contribution in [0.5, 0.6) is 0 Å². The molecule has 0 heterocycles. The summed E-state index contributed by atoms with van der Waals surface area (Å²) in [5.41, 5.74) is 4.17. The Morgan fingerprint density at radius 1 is 1.33 bits per heavy atom. The predicted octanol–water partition coefficient (Wildman–Crippen LogP) is 3.00. The van der Waals surface area contributed by atoms with Crippen molar-refractivity contribution in [3.8, 4) is 0 Å². The van der Waals surface area contributed by atoms with E-state index < -0.39 is 0 Å². The normalized spacial score (nSPS) is 12.6. The second-order valence-electron chi connectivity index (χ2n) is 3.04. The highest BCUT2D eigenvalue weighted by molar-refractivity contribution is 5.42. The molecule has 1 atom stereocenters. The number of anilines is 1. The summed E-state index contributed by atoms with van der Waals surface area (Å²) < 4.78 is 0. The van der Waals surface area contributed by atoms with Crippen LogP contribution in [0.15, 0.2) is 24.3 Å². The summed E-state index contributed by atoms with van der Waals surface area (Å²) in [6.07, 6.45) is 1.14. The molecule has 0 aromatic heterocycles. The van der Waals surface area contributed by atoms with E-state index in [-0.39, 0.29) is 0 Å². The Balaban J connectivity index is 2.77. The Kier molecular flexibility index (Phi) is 3.11. The second-order valence-corrected chi connectivity index (χ2v) is 3.04. The Hall–Kier alpha value is -1.02. The zero-order chi connectivity index (χ0) is 8.97. The standard InChI is InChI=1S/C10H15NO/c1-3-8(2)9-4-6-10(11-12)7-5-9/h4-8,11-12H,3H2,1-2H3. The fourth-order valence-corrected chi connectivity index (χ4v) is 1.12. The molecule has 0 bridgehead atoms. The lowest BCUT2D eigenvalue weighted by molar-refractivity contribution is 0.389. The van der Waals surface area contributed by atoms with Gasteiger partial charge < -0.3 is 0 Å². The molecular formula is C10H15NO. The van der Waals surface area contributed by atoms with E-state index in [2.05, 4.69) is 19.3 Å². The van der Waals surface area contributed by atoms with Gasteiger partial charge in [0.2, 0.25) is 0 Å². The van der Waals surface area contributed by atoms with Crippen LogP contribution in [0.2, 0.25) is 0 Å². The first kappa shape index (κ1) is 9.07. The van der Waals surface area contributed by atoms with Crippen molar-refractivity contribution >= 4 is 5.69 Å². The lowest BCUT2D eigenvalue weighted by Crippen LogP contribution is -1.92. The number of hydrogen-bond donors (Lipinski definition) is 2. The van der Waals surface area contributed by atoms with Gasteiger partial charge in [-0.15, -0.1) is 0 Å². The molecule has 0 fully saturated rings. The quantitative estimate of drug-likeness (QED) is 0.675. The van der Waals surface area contributed by atoms with Gasteiger partial charge in [0.1, 0.15) is 0 Å². The van der Waals surface area contributed by atoms with Gasteiger partial charge in [-0.05, 0) is 30.0 Å². The third kappa shape index (κ3) is 1.98. The van der Waals surface area contributed by atoms with Crippen LogP contribution in [-0.2, 0) is 0 Å². The molecule has 0 aliphatic heterocycles. The van der Waals surface area contributed by atoms with Gasteiger partial charge >= 0.3 is 0 Å². The van der Waals surface area contributed by atoms with Crippen LogP contribution >= 0.6 is 0 Å². The Morgan fingerprint density at radius 3 is 2.33 bits per heavy atom. The zero-order valence-corrected chi connectivity index (χ0v) is 7.54. The van der Waals surface area contributed by atoms with Crippen molar-refractivity contribution in [1.82, 2.24) is 0 Å². The molecule has 0 amide bonds. The lowest BCUT2D eigenvalue weighted by Gasteiger charge is -2.08. The van der Waals surface area contributed by atoms with Crippen LogP contribution in [0.1, 0.15) is 31.7 Å². The van der Waals surface area contributed by atoms with Crippen LogP contribution in [0.25, 0.3) is 0 Å². The number of nitrogens with one attached hydrogen (secondary N) is 1. The van der Waals surface area contributed by atoms with E-state index in [4.69, 9.17) is 5.21 Å². The molecule has 2 N–H and O–H groups in total. The van der Waals surface area contributed by atoms with Crippen molar-refractivity contribution in [3.05, 3.63) is 29.8 Å². The van der Waals surface area contributed by atoms with Gasteiger partial charge in [-0.1, -0.05) is 26.0 Å². The molecule has 0 aliphatic rings. The topological polar surface area (TPSA) is 32.3 Å². The third-order valence-electron chi connectivity index (χ3n) is 2.22. The molecule has 1 unspecified atom stereocenters. The van der Waals surface area contributed by atoms with Crippen molar-refractivity contribution in [2.24, 2.45) is 0 Å². The Labute approximate surface area is 73.2 Å². The molecule has 1 aromatic rings. The molecule has 0 aliphatic carbocycles. The molecule has 66 valence electrons. The molecule has 1 aromatic carbocycles. The van der Waals surface area contributed by atoms with Gasteiger partial charge in [-0.2, -0.15) is 0 Å². The Morgan fingerprint density at radius 2 is 1.92 bits per heavy atom. The average Bonchev–Trinajstić information content (AvgIpc) is 2.17. The van der Waals surface area contributed by atoms with Crippen molar-refractivity contribution in [2.75, 3.05) is 5.48 Å². The van der Waals surface area contributed by atoms with Crippen molar-refractivity contribution in [1.29, 1.82) is 0 Å². The first-order valence-electron chi connectivity index (χ1n) is 4.28. The minimum absolute atomic E-state index is 0.595. The van der Waals surface area contributed by atoms with Crippen LogP contribution < -0.4 is 5.48 Å². The second kappa shape index (κ2) is 4.12. The summed E-state index contributed by atoms with van der Waals surface area (Å²) in [7, 11) is 0. The highest BCUT2D eigenvalue weighted by Crippen LogP contribution is 2.19. The first-order valence-corrected chi connectivity index (χ1v) is 4.28. The molecule has 2 nitrogen and oxygen atoms in total. The van der Waals surface area contributed by atoms with Crippen LogP contribution in [0, 0.1) is 0 Å². The minimum atomic E-state index is 0.595. The monoisotopic (exact) mass is 165 g/mol. The van der Waals surface area contributed by atoms with E-state index in [0.29, 0.717) is 5.92 Å². The molecule has 0 saturated carbocycles. The predicted molar refractivity (Wildman–Crippen MR) is 50.6 cm³/mol. The van der Waals surface area contributed by atoms with Crippen LogP contribution in [-0.4, -0.2) is 5.21 Å². The number of benzene rings is 1. The van der Waals surface area contributed by atoms with Gasteiger partial charge in [0.25, 0.3) is 0 Å². The largest absolute Gasteiger partial charge is 0.291 e. The van der Waals surface area contributed by atoms with E-state index in [1.807, 2.05) is 24.3 Å². The fraction of sp³-hybridized carbons (Fsp3) is 0.400. The molecular weight excluding hydrogens is 150 g/mol. The minimum Gasteiger partial charge on any atom is -0.291 e. The fourth-order valence-electron chi connectivity index (χ4n) is 1.12. The molecule has 12 heavy (non-hydrogen) atoms. The van der Waals surface area contributed by atoms with E-state index >= 15 is 0 Å². The van der Waals surface area contributed by atoms with Crippen molar-refractivity contribution in [2.45, 2.75) is 26.2 Å². The molecule has 2 heteroatoms. The van der Waals surface area contributed by atoms with Crippen LogP contribution in [0.4, 0.5) is 5.69 Å². The molecule has 0 saturated heterocycles. The van der Waals surface area contributed by atoms with Gasteiger partial charge in [-0.25, -0.2) is 0 Å². The maximum Gasteiger partial charge on any atom is 0.0602 e. The SMILES string of the molecule is CCC(C)c1ccc(NO)cc1. The zero-order valence-electron chi connectivity index (χ0n) is 7.54. The molecule has 1 rings (SSSR count).